The predicted octanol–water partition coefficient (Wildman–Crippen LogP) is 3.98. The number of hydrogen-bond donors (Lipinski definition) is 3. The van der Waals surface area contributed by atoms with Crippen LogP contribution in [0.4, 0.5) is 9.93 Å². The average molecular weight is 424 g/mol. The Kier molecular flexibility index (Phi) is 7.13. The van der Waals surface area contributed by atoms with E-state index >= 15 is 0 Å². The monoisotopic (exact) mass is 423 g/mol. The van der Waals surface area contributed by atoms with Gasteiger partial charge in [-0.15, -0.1) is 10.2 Å². The molecule has 0 saturated heterocycles. The predicted molar refractivity (Wildman–Crippen MR) is 119 cm³/mol. The number of urea groups is 1. The molecule has 3 N–H and O–H groups in total. The number of amides is 3. The molecular weight excluding hydrogens is 398 g/mol. The maximum atomic E-state index is 12.7. The normalized spacial score (nSPS) is 11.7. The van der Waals surface area contributed by atoms with E-state index in [0.29, 0.717) is 11.7 Å². The summed E-state index contributed by atoms with van der Waals surface area (Å²) in [6, 6.07) is 16.4. The van der Waals surface area contributed by atoms with E-state index in [2.05, 4.69) is 26.1 Å². The van der Waals surface area contributed by atoms with Gasteiger partial charge in [-0.3, -0.25) is 10.1 Å². The Balaban J connectivity index is 1.59. The van der Waals surface area contributed by atoms with Gasteiger partial charge in [0.05, 0.1) is 0 Å². The molecule has 8 heteroatoms. The van der Waals surface area contributed by atoms with Gasteiger partial charge in [0, 0.05) is 12.1 Å². The Hall–Kier alpha value is -3.26. The summed E-state index contributed by atoms with van der Waals surface area (Å²) in [6.45, 7) is 6.14. The van der Waals surface area contributed by atoms with Crippen molar-refractivity contribution in [2.24, 2.45) is 5.92 Å². The molecule has 0 radical (unpaired) electrons. The Morgan fingerprint density at radius 3 is 2.50 bits per heavy atom. The number of carbonyl (C=O) groups is 2. The minimum Gasteiger partial charge on any atom is -0.334 e. The summed E-state index contributed by atoms with van der Waals surface area (Å²) in [7, 11) is 0. The fourth-order valence-corrected chi connectivity index (χ4v) is 3.60. The van der Waals surface area contributed by atoms with E-state index < -0.39 is 12.1 Å². The highest BCUT2D eigenvalue weighted by Gasteiger charge is 2.25. The zero-order chi connectivity index (χ0) is 21.5. The van der Waals surface area contributed by atoms with Crippen molar-refractivity contribution in [1.82, 2.24) is 20.8 Å². The minimum absolute atomic E-state index is 0.100. The second-order valence-corrected chi connectivity index (χ2v) is 8.28. The van der Waals surface area contributed by atoms with Crippen LogP contribution in [0.2, 0.25) is 0 Å². The molecule has 2 aromatic carbocycles. The van der Waals surface area contributed by atoms with Gasteiger partial charge in [0.2, 0.25) is 11.0 Å². The molecule has 1 heterocycles. The van der Waals surface area contributed by atoms with Crippen molar-refractivity contribution in [2.75, 3.05) is 5.32 Å². The lowest BCUT2D eigenvalue weighted by Gasteiger charge is -2.21. The molecule has 156 valence electrons. The topological polar surface area (TPSA) is 96.0 Å². The van der Waals surface area contributed by atoms with Gasteiger partial charge in [-0.1, -0.05) is 79.3 Å². The van der Waals surface area contributed by atoms with Crippen LogP contribution in [0, 0.1) is 12.8 Å². The van der Waals surface area contributed by atoms with Crippen molar-refractivity contribution in [2.45, 2.75) is 33.4 Å². The molecule has 1 atom stereocenters. The highest BCUT2D eigenvalue weighted by atomic mass is 32.1. The summed E-state index contributed by atoms with van der Waals surface area (Å²) in [5, 5.41) is 17.6. The molecule has 0 fully saturated rings. The van der Waals surface area contributed by atoms with Gasteiger partial charge >= 0.3 is 6.03 Å². The van der Waals surface area contributed by atoms with Gasteiger partial charge in [-0.05, 0) is 24.5 Å². The van der Waals surface area contributed by atoms with Crippen LogP contribution in [0.1, 0.15) is 25.0 Å². The largest absolute Gasteiger partial charge is 0.334 e. The number of rotatable bonds is 7. The van der Waals surface area contributed by atoms with Crippen molar-refractivity contribution >= 4 is 28.4 Å². The Morgan fingerprint density at radius 1 is 1.03 bits per heavy atom. The quantitative estimate of drug-likeness (QED) is 0.536. The smallest absolute Gasteiger partial charge is 0.315 e. The van der Waals surface area contributed by atoms with Crippen LogP contribution >= 0.6 is 11.3 Å². The zero-order valence-electron chi connectivity index (χ0n) is 17.2. The lowest BCUT2D eigenvalue weighted by Crippen LogP contribution is -2.50. The molecule has 1 unspecified atom stereocenters. The Labute approximate surface area is 179 Å². The molecule has 7 nitrogen and oxygen atoms in total. The number of aryl methyl sites for hydroxylation is 1. The first-order valence-corrected chi connectivity index (χ1v) is 10.5. The van der Waals surface area contributed by atoms with Gasteiger partial charge in [-0.25, -0.2) is 4.79 Å². The van der Waals surface area contributed by atoms with Crippen molar-refractivity contribution in [3.8, 4) is 10.6 Å². The summed E-state index contributed by atoms with van der Waals surface area (Å²) in [5.74, 6) is -0.427. The van der Waals surface area contributed by atoms with Crippen LogP contribution < -0.4 is 16.0 Å². The third-order valence-corrected chi connectivity index (χ3v) is 5.34. The zero-order valence-corrected chi connectivity index (χ0v) is 18.0. The highest BCUT2D eigenvalue weighted by Crippen LogP contribution is 2.27. The fraction of sp³-hybridized carbons (Fsp3) is 0.273. The maximum Gasteiger partial charge on any atom is 0.315 e. The summed E-state index contributed by atoms with van der Waals surface area (Å²) in [6.07, 6.45) is 0. The molecule has 0 aliphatic rings. The first kappa shape index (κ1) is 21.4. The number of aromatic nitrogens is 2. The van der Waals surface area contributed by atoms with Gasteiger partial charge in [-0.2, -0.15) is 0 Å². The molecule has 0 spiro atoms. The molecule has 3 aromatic rings. The molecule has 3 amide bonds. The summed E-state index contributed by atoms with van der Waals surface area (Å²) < 4.78 is 0. The molecule has 1 aromatic heterocycles. The lowest BCUT2D eigenvalue weighted by atomic mass is 10.0. The molecule has 0 bridgehead atoms. The number of nitrogens with zero attached hydrogens (tertiary/aromatic N) is 2. The van der Waals surface area contributed by atoms with Gasteiger partial charge in [0.25, 0.3) is 0 Å². The molecule has 30 heavy (non-hydrogen) atoms. The molecule has 3 rings (SSSR count). The van der Waals surface area contributed by atoms with Crippen molar-refractivity contribution in [3.63, 3.8) is 0 Å². The molecule has 0 aliphatic carbocycles. The van der Waals surface area contributed by atoms with Crippen LogP contribution in [0.15, 0.2) is 54.6 Å². The van der Waals surface area contributed by atoms with Crippen LogP contribution in [0.5, 0.6) is 0 Å². The second-order valence-electron chi connectivity index (χ2n) is 7.31. The van der Waals surface area contributed by atoms with E-state index in [-0.39, 0.29) is 11.8 Å². The van der Waals surface area contributed by atoms with Crippen LogP contribution in [-0.4, -0.2) is 28.2 Å². The minimum atomic E-state index is -0.702. The Morgan fingerprint density at radius 2 is 1.80 bits per heavy atom. The summed E-state index contributed by atoms with van der Waals surface area (Å²) >= 11 is 1.30. The third kappa shape index (κ3) is 5.87. The van der Waals surface area contributed by atoms with Gasteiger partial charge in [0.1, 0.15) is 11.0 Å². The standard InChI is InChI=1S/C22H25N5O2S/c1-14(2)18(24-21(29)23-13-16-9-5-4-6-10-16)19(28)25-22-27-26-20(30-22)17-11-7-8-15(3)12-17/h4-12,14,18H,13H2,1-3H3,(H2,23,24,29)(H,25,27,28). The SMILES string of the molecule is Cc1cccc(-c2nnc(NC(=O)C(NC(=O)NCc3ccccc3)C(C)C)s2)c1. The van der Waals surface area contributed by atoms with Crippen molar-refractivity contribution in [1.29, 1.82) is 0 Å². The summed E-state index contributed by atoms with van der Waals surface area (Å²) in [5.41, 5.74) is 3.06. The summed E-state index contributed by atoms with van der Waals surface area (Å²) in [4.78, 5) is 25.0. The number of benzene rings is 2. The third-order valence-electron chi connectivity index (χ3n) is 4.45. The van der Waals surface area contributed by atoms with E-state index in [9.17, 15) is 9.59 Å². The van der Waals surface area contributed by atoms with E-state index in [1.54, 1.807) is 0 Å². The second kappa shape index (κ2) is 9.98. The molecule has 0 saturated carbocycles. The highest BCUT2D eigenvalue weighted by molar-refractivity contribution is 7.18. The number of nitrogens with one attached hydrogen (secondary N) is 3. The van der Waals surface area contributed by atoms with Crippen LogP contribution in [0.25, 0.3) is 10.6 Å². The van der Waals surface area contributed by atoms with Gasteiger partial charge in [0.15, 0.2) is 0 Å². The first-order valence-electron chi connectivity index (χ1n) is 9.72. The molecule has 0 aliphatic heterocycles. The molecular formula is C22H25N5O2S. The lowest BCUT2D eigenvalue weighted by molar-refractivity contribution is -0.118. The maximum absolute atomic E-state index is 12.7. The van der Waals surface area contributed by atoms with Crippen LogP contribution in [0.3, 0.4) is 0 Å². The van der Waals surface area contributed by atoms with Crippen LogP contribution in [-0.2, 0) is 11.3 Å². The Bertz CT molecular complexity index is 1000. The number of anilines is 1. The van der Waals surface area contributed by atoms with E-state index in [1.807, 2.05) is 75.4 Å². The first-order chi connectivity index (χ1) is 14.4. The van der Waals surface area contributed by atoms with Crippen molar-refractivity contribution in [3.05, 3.63) is 65.7 Å². The van der Waals surface area contributed by atoms with E-state index in [4.69, 9.17) is 0 Å². The number of hydrogen-bond acceptors (Lipinski definition) is 5. The van der Waals surface area contributed by atoms with E-state index in [0.717, 1.165) is 21.7 Å². The average Bonchev–Trinajstić information content (AvgIpc) is 3.19. The van der Waals surface area contributed by atoms with E-state index in [1.165, 1.54) is 11.3 Å². The fourth-order valence-electron chi connectivity index (χ4n) is 2.86. The van der Waals surface area contributed by atoms with Gasteiger partial charge < -0.3 is 10.6 Å². The number of carbonyl (C=O) groups excluding carboxylic acids is 2. The van der Waals surface area contributed by atoms with Crippen molar-refractivity contribution < 1.29 is 9.59 Å².